The molecule has 2 nitrogen and oxygen atoms in total. The lowest BCUT2D eigenvalue weighted by atomic mass is 10.2. The molecule has 1 aromatic rings. The van der Waals surface area contributed by atoms with Crippen molar-refractivity contribution in [1.82, 2.24) is 0 Å². The number of aliphatic hydroxyl groups is 1. The molecule has 0 spiro atoms. The number of benzene rings is 1. The lowest BCUT2D eigenvalue weighted by Gasteiger charge is -2.11. The Morgan fingerprint density at radius 2 is 2.07 bits per heavy atom. The van der Waals surface area contributed by atoms with Crippen LogP contribution in [0.4, 0.5) is 0 Å². The Balaban J connectivity index is 2.84. The second-order valence-electron chi connectivity index (χ2n) is 3.24. The van der Waals surface area contributed by atoms with E-state index in [1.165, 1.54) is 0 Å². The van der Waals surface area contributed by atoms with E-state index in [9.17, 15) is 0 Å². The van der Waals surface area contributed by atoms with Crippen LogP contribution in [0.15, 0.2) is 12.1 Å². The smallest absolute Gasteiger partial charge is 0.143 e. The minimum atomic E-state index is -0.123. The molecule has 0 heterocycles. The van der Waals surface area contributed by atoms with Crippen molar-refractivity contribution < 1.29 is 9.84 Å². The van der Waals surface area contributed by atoms with E-state index >= 15 is 0 Å². The molecule has 4 heteroatoms. The fraction of sp³-hybridized carbons (Fsp3) is 0.455. The van der Waals surface area contributed by atoms with Crippen LogP contribution in [0.25, 0.3) is 0 Å². The summed E-state index contributed by atoms with van der Waals surface area (Å²) in [6, 6.07) is 3.28. The van der Waals surface area contributed by atoms with Crippen molar-refractivity contribution in [3.05, 3.63) is 27.7 Å². The van der Waals surface area contributed by atoms with Crippen molar-refractivity contribution >= 4 is 23.2 Å². The summed E-state index contributed by atoms with van der Waals surface area (Å²) in [5, 5.41) is 10.1. The molecule has 0 saturated heterocycles. The first kappa shape index (κ1) is 12.6. The average molecular weight is 249 g/mol. The van der Waals surface area contributed by atoms with E-state index in [4.69, 9.17) is 33.0 Å². The Hall–Kier alpha value is -0.440. The van der Waals surface area contributed by atoms with E-state index in [1.54, 1.807) is 12.1 Å². The summed E-state index contributed by atoms with van der Waals surface area (Å²) >= 11 is 11.8. The summed E-state index contributed by atoms with van der Waals surface area (Å²) in [5.74, 6) is 0.539. The molecule has 0 atom stereocenters. The van der Waals surface area contributed by atoms with Gasteiger partial charge in [-0.3, -0.25) is 0 Å². The Kier molecular flexibility index (Phi) is 5.23. The number of halogens is 2. The standard InChI is InChI=1S/C11H14Cl2O2/c1-2-3-4-15-11-8(7-14)5-9(12)6-10(11)13/h5-6,14H,2-4,7H2,1H3. The summed E-state index contributed by atoms with van der Waals surface area (Å²) in [6.45, 7) is 2.56. The van der Waals surface area contributed by atoms with Crippen molar-refractivity contribution in [1.29, 1.82) is 0 Å². The Labute approximate surface area is 99.8 Å². The Bertz CT molecular complexity index is 327. The number of hydrogen-bond acceptors (Lipinski definition) is 2. The number of ether oxygens (including phenoxy) is 1. The second-order valence-corrected chi connectivity index (χ2v) is 4.08. The summed E-state index contributed by atoms with van der Waals surface area (Å²) in [6.07, 6.45) is 2.02. The number of aliphatic hydroxyl groups excluding tert-OH is 1. The van der Waals surface area contributed by atoms with Crippen molar-refractivity contribution in [2.75, 3.05) is 6.61 Å². The molecule has 1 N–H and O–H groups in total. The van der Waals surface area contributed by atoms with Crippen molar-refractivity contribution in [2.45, 2.75) is 26.4 Å². The van der Waals surface area contributed by atoms with E-state index in [2.05, 4.69) is 6.92 Å². The number of unbranched alkanes of at least 4 members (excludes halogenated alkanes) is 1. The van der Waals surface area contributed by atoms with Crippen LogP contribution in [0, 0.1) is 0 Å². The molecular formula is C11H14Cl2O2. The molecule has 0 unspecified atom stereocenters. The van der Waals surface area contributed by atoms with E-state index < -0.39 is 0 Å². The lowest BCUT2D eigenvalue weighted by molar-refractivity contribution is 0.261. The molecule has 0 amide bonds. The summed E-state index contributed by atoms with van der Waals surface area (Å²) in [4.78, 5) is 0. The molecular weight excluding hydrogens is 235 g/mol. The van der Waals surface area contributed by atoms with Gasteiger partial charge in [0.1, 0.15) is 5.75 Å². The molecule has 0 aromatic heterocycles. The molecule has 0 radical (unpaired) electrons. The van der Waals surface area contributed by atoms with Gasteiger partial charge in [0.05, 0.1) is 18.2 Å². The van der Waals surface area contributed by atoms with E-state index in [0.717, 1.165) is 12.8 Å². The largest absolute Gasteiger partial charge is 0.492 e. The Morgan fingerprint density at radius 3 is 2.67 bits per heavy atom. The minimum absolute atomic E-state index is 0.123. The molecule has 1 rings (SSSR count). The quantitative estimate of drug-likeness (QED) is 0.807. The molecule has 15 heavy (non-hydrogen) atoms. The average Bonchev–Trinajstić information content (AvgIpc) is 2.20. The first-order valence-electron chi connectivity index (χ1n) is 4.90. The third kappa shape index (κ3) is 3.56. The van der Waals surface area contributed by atoms with Crippen molar-refractivity contribution in [3.8, 4) is 5.75 Å². The molecule has 1 aromatic carbocycles. The fourth-order valence-electron chi connectivity index (χ4n) is 1.21. The van der Waals surface area contributed by atoms with Gasteiger partial charge in [-0.2, -0.15) is 0 Å². The fourth-order valence-corrected chi connectivity index (χ4v) is 1.80. The first-order chi connectivity index (χ1) is 7.19. The van der Waals surface area contributed by atoms with Gasteiger partial charge in [0.25, 0.3) is 0 Å². The van der Waals surface area contributed by atoms with Gasteiger partial charge in [-0.15, -0.1) is 0 Å². The van der Waals surface area contributed by atoms with Crippen LogP contribution in [0.5, 0.6) is 5.75 Å². The molecule has 0 saturated carbocycles. The van der Waals surface area contributed by atoms with Gasteiger partial charge in [0.15, 0.2) is 0 Å². The molecule has 84 valence electrons. The maximum absolute atomic E-state index is 9.13. The summed E-state index contributed by atoms with van der Waals surface area (Å²) in [5.41, 5.74) is 0.628. The third-order valence-corrected chi connectivity index (χ3v) is 2.50. The van der Waals surface area contributed by atoms with Gasteiger partial charge in [0, 0.05) is 10.6 Å². The molecule has 0 aliphatic heterocycles. The van der Waals surface area contributed by atoms with Crippen LogP contribution in [-0.2, 0) is 6.61 Å². The van der Waals surface area contributed by atoms with Crippen LogP contribution in [0.3, 0.4) is 0 Å². The van der Waals surface area contributed by atoms with Gasteiger partial charge >= 0.3 is 0 Å². The van der Waals surface area contributed by atoms with Crippen molar-refractivity contribution in [2.24, 2.45) is 0 Å². The lowest BCUT2D eigenvalue weighted by Crippen LogP contribution is -2.00. The highest BCUT2D eigenvalue weighted by Gasteiger charge is 2.09. The predicted octanol–water partition coefficient (Wildman–Crippen LogP) is 3.66. The third-order valence-electron chi connectivity index (χ3n) is 2.00. The van der Waals surface area contributed by atoms with Crippen LogP contribution in [0.2, 0.25) is 10.0 Å². The maximum atomic E-state index is 9.13. The number of rotatable bonds is 5. The zero-order valence-corrected chi connectivity index (χ0v) is 10.1. The normalized spacial score (nSPS) is 10.4. The van der Waals surface area contributed by atoms with Gasteiger partial charge in [-0.1, -0.05) is 36.5 Å². The zero-order valence-electron chi connectivity index (χ0n) is 8.59. The highest BCUT2D eigenvalue weighted by atomic mass is 35.5. The maximum Gasteiger partial charge on any atom is 0.143 e. The SMILES string of the molecule is CCCCOc1c(Cl)cc(Cl)cc1CO. The van der Waals surface area contributed by atoms with E-state index in [-0.39, 0.29) is 6.61 Å². The van der Waals surface area contributed by atoms with Gasteiger partial charge in [-0.25, -0.2) is 0 Å². The molecule has 0 aliphatic rings. The van der Waals surface area contributed by atoms with Crippen LogP contribution < -0.4 is 4.74 Å². The highest BCUT2D eigenvalue weighted by molar-refractivity contribution is 6.35. The molecule has 0 fully saturated rings. The zero-order chi connectivity index (χ0) is 11.3. The van der Waals surface area contributed by atoms with Crippen LogP contribution in [0.1, 0.15) is 25.3 Å². The molecule has 0 bridgehead atoms. The summed E-state index contributed by atoms with van der Waals surface area (Å²) < 4.78 is 5.50. The van der Waals surface area contributed by atoms with Crippen LogP contribution >= 0.6 is 23.2 Å². The monoisotopic (exact) mass is 248 g/mol. The minimum Gasteiger partial charge on any atom is -0.492 e. The first-order valence-corrected chi connectivity index (χ1v) is 5.66. The highest BCUT2D eigenvalue weighted by Crippen LogP contribution is 2.32. The molecule has 0 aliphatic carbocycles. The topological polar surface area (TPSA) is 29.5 Å². The van der Waals surface area contributed by atoms with Gasteiger partial charge < -0.3 is 9.84 Å². The van der Waals surface area contributed by atoms with E-state index in [1.807, 2.05) is 0 Å². The van der Waals surface area contributed by atoms with Gasteiger partial charge in [-0.05, 0) is 18.6 Å². The second kappa shape index (κ2) is 6.21. The Morgan fingerprint density at radius 1 is 1.33 bits per heavy atom. The predicted molar refractivity (Wildman–Crippen MR) is 62.8 cm³/mol. The van der Waals surface area contributed by atoms with Crippen LogP contribution in [-0.4, -0.2) is 11.7 Å². The van der Waals surface area contributed by atoms with Crippen molar-refractivity contribution in [3.63, 3.8) is 0 Å². The number of hydrogen-bond donors (Lipinski definition) is 1. The van der Waals surface area contributed by atoms with E-state index in [0.29, 0.717) is 28.0 Å². The van der Waals surface area contributed by atoms with Gasteiger partial charge in [0.2, 0.25) is 0 Å². The summed E-state index contributed by atoms with van der Waals surface area (Å²) in [7, 11) is 0.